The van der Waals surface area contributed by atoms with Gasteiger partial charge in [0.15, 0.2) is 5.13 Å². The number of amides is 2. The number of rotatable bonds is 8. The van der Waals surface area contributed by atoms with E-state index in [1.165, 1.54) is 17.8 Å². The van der Waals surface area contributed by atoms with Gasteiger partial charge < -0.3 is 26.7 Å². The quantitative estimate of drug-likeness (QED) is 0.168. The number of aromatic nitrogens is 2. The van der Waals surface area contributed by atoms with Gasteiger partial charge in [-0.05, 0) is 26.0 Å². The minimum atomic E-state index is -1.20. The van der Waals surface area contributed by atoms with Gasteiger partial charge in [0.05, 0.1) is 0 Å². The van der Waals surface area contributed by atoms with Crippen LogP contribution in [0.2, 0.25) is 0 Å². The molecule has 29 heavy (non-hydrogen) atoms. The van der Waals surface area contributed by atoms with E-state index < -0.39 is 29.2 Å². The summed E-state index contributed by atoms with van der Waals surface area (Å²) in [5, 5.41) is 15.1. The van der Waals surface area contributed by atoms with Crippen LogP contribution in [0.25, 0.3) is 0 Å². The second-order valence-corrected chi connectivity index (χ2v) is 8.40. The molecule has 2 aliphatic rings. The van der Waals surface area contributed by atoms with E-state index in [1.54, 1.807) is 0 Å². The van der Waals surface area contributed by atoms with Crippen LogP contribution in [0.15, 0.2) is 16.9 Å². The molecule has 0 aliphatic carbocycles. The maximum absolute atomic E-state index is 12.8. The topological polar surface area (TPSA) is 186 Å². The van der Waals surface area contributed by atoms with E-state index >= 15 is 0 Å². The monoisotopic (exact) mass is 441 g/mol. The van der Waals surface area contributed by atoms with Crippen molar-refractivity contribution in [2.45, 2.75) is 30.0 Å². The molecule has 156 valence electrons. The smallest absolute Gasteiger partial charge is 0.352 e. The number of oxime groups is 1. The third-order valence-corrected chi connectivity index (χ3v) is 5.89. The van der Waals surface area contributed by atoms with Gasteiger partial charge in [-0.3, -0.25) is 14.5 Å². The Balaban J connectivity index is 1.75. The van der Waals surface area contributed by atoms with Crippen LogP contribution in [-0.2, 0) is 19.2 Å². The van der Waals surface area contributed by atoms with Gasteiger partial charge in [0, 0.05) is 16.8 Å². The Bertz CT molecular complexity index is 886. The molecule has 0 aromatic carbocycles. The predicted octanol–water partition coefficient (Wildman–Crippen LogP) is -1.05. The average Bonchev–Trinajstić information content (AvgIpc) is 3.11. The summed E-state index contributed by atoms with van der Waals surface area (Å²) in [6.07, 6.45) is 2.03. The van der Waals surface area contributed by atoms with Crippen LogP contribution in [0.1, 0.15) is 19.2 Å². The first-order valence-electron chi connectivity index (χ1n) is 8.57. The normalized spacial score (nSPS) is 23.7. The Morgan fingerprint density at radius 3 is 2.86 bits per heavy atom. The molecule has 1 saturated heterocycles. The van der Waals surface area contributed by atoms with Gasteiger partial charge >= 0.3 is 5.97 Å². The summed E-state index contributed by atoms with van der Waals surface area (Å²) < 4.78 is 3.96. The lowest BCUT2D eigenvalue weighted by Gasteiger charge is -2.49. The predicted molar refractivity (Wildman–Crippen MR) is 106 cm³/mol. The minimum absolute atomic E-state index is 0.0304. The third kappa shape index (κ3) is 4.33. The molecular weight excluding hydrogens is 422 g/mol. The minimum Gasteiger partial charge on any atom is -0.477 e. The molecule has 3 heterocycles. The second-order valence-electron chi connectivity index (χ2n) is 6.12. The Morgan fingerprint density at radius 2 is 2.24 bits per heavy atom. The Morgan fingerprint density at radius 1 is 1.48 bits per heavy atom. The van der Waals surface area contributed by atoms with Gasteiger partial charge in [0.2, 0.25) is 11.5 Å². The number of nitrogen functional groups attached to an aromatic ring is 1. The largest absolute Gasteiger partial charge is 0.477 e. The van der Waals surface area contributed by atoms with Gasteiger partial charge in [-0.1, -0.05) is 5.16 Å². The fourth-order valence-electron chi connectivity index (χ4n) is 2.71. The number of nitrogens with two attached hydrogens (primary N) is 2. The van der Waals surface area contributed by atoms with E-state index in [1.807, 2.05) is 6.92 Å². The summed E-state index contributed by atoms with van der Waals surface area (Å²) >= 11 is 2.25. The van der Waals surface area contributed by atoms with Crippen LogP contribution in [-0.4, -0.2) is 72.7 Å². The van der Waals surface area contributed by atoms with Crippen molar-refractivity contribution in [3.63, 3.8) is 0 Å². The Kier molecular flexibility index (Phi) is 6.34. The highest BCUT2D eigenvalue weighted by molar-refractivity contribution is 8.00. The molecular formula is C15H19N7O5S2. The number of hydrogen-bond donors (Lipinski definition) is 4. The standard InChI is InChI=1S/C15H19N7O5S2/c1-6-5-7(14(25)26)22-12(24)9(13(22)28-6)18-11(23)8(20-27-4-2-3-16)10-19-15(17)29-21-10/h5-6,9,13H,2-4,16H2,1H3,(H,18,23)(H,25,26)(H2,17,19,21)/b20-8-/t6?,9?,13-/m0/s1. The summed E-state index contributed by atoms with van der Waals surface area (Å²) in [6, 6.07) is -0.914. The number of carbonyl (C=O) groups excluding carboxylic acids is 2. The van der Waals surface area contributed by atoms with Crippen molar-refractivity contribution >= 4 is 51.9 Å². The first-order chi connectivity index (χ1) is 13.8. The van der Waals surface area contributed by atoms with E-state index in [4.69, 9.17) is 16.3 Å². The molecule has 6 N–H and O–H groups in total. The van der Waals surface area contributed by atoms with Crippen LogP contribution in [0.5, 0.6) is 0 Å². The maximum atomic E-state index is 12.8. The summed E-state index contributed by atoms with van der Waals surface area (Å²) in [4.78, 5) is 46.8. The average molecular weight is 441 g/mol. The molecule has 1 aromatic rings. The molecule has 3 rings (SSSR count). The first-order valence-corrected chi connectivity index (χ1v) is 10.3. The zero-order chi connectivity index (χ0) is 21.1. The highest BCUT2D eigenvalue weighted by Crippen LogP contribution is 2.40. The zero-order valence-electron chi connectivity index (χ0n) is 15.3. The number of anilines is 1. The van der Waals surface area contributed by atoms with Gasteiger partial charge in [-0.15, -0.1) is 11.8 Å². The van der Waals surface area contributed by atoms with Crippen LogP contribution in [0.4, 0.5) is 5.13 Å². The Hall–Kier alpha value is -2.71. The number of carbonyl (C=O) groups is 3. The number of β-lactam (4-membered cyclic amide) rings is 1. The number of fused-ring (bicyclic) bond motifs is 1. The van der Waals surface area contributed by atoms with E-state index in [2.05, 4.69) is 19.8 Å². The number of aliphatic carboxylic acids is 1. The summed E-state index contributed by atoms with van der Waals surface area (Å²) in [6.45, 7) is 2.39. The van der Waals surface area contributed by atoms with Gasteiger partial charge in [0.1, 0.15) is 23.7 Å². The van der Waals surface area contributed by atoms with Crippen LogP contribution < -0.4 is 16.8 Å². The van der Waals surface area contributed by atoms with Crippen molar-refractivity contribution < 1.29 is 24.3 Å². The highest BCUT2D eigenvalue weighted by Gasteiger charge is 2.54. The van der Waals surface area contributed by atoms with Crippen molar-refractivity contribution in [1.82, 2.24) is 19.6 Å². The first kappa shape index (κ1) is 21.0. The highest BCUT2D eigenvalue weighted by atomic mass is 32.2. The van der Waals surface area contributed by atoms with Crippen LogP contribution in [0, 0.1) is 0 Å². The van der Waals surface area contributed by atoms with Crippen molar-refractivity contribution in [3.8, 4) is 0 Å². The number of nitrogens with one attached hydrogen (secondary N) is 1. The molecule has 0 spiro atoms. The molecule has 2 amide bonds. The van der Waals surface area contributed by atoms with Gasteiger partial charge in [-0.25, -0.2) is 4.79 Å². The van der Waals surface area contributed by atoms with E-state index in [0.717, 1.165) is 16.4 Å². The maximum Gasteiger partial charge on any atom is 0.352 e. The summed E-state index contributed by atoms with van der Waals surface area (Å²) in [7, 11) is 0. The van der Waals surface area contributed by atoms with Crippen LogP contribution in [0.3, 0.4) is 0 Å². The molecule has 2 aliphatic heterocycles. The van der Waals surface area contributed by atoms with Crippen molar-refractivity contribution in [1.29, 1.82) is 0 Å². The molecule has 3 atom stereocenters. The van der Waals surface area contributed by atoms with Gasteiger partial charge in [0.25, 0.3) is 11.8 Å². The second kappa shape index (κ2) is 8.75. The fraction of sp³-hybridized carbons (Fsp3) is 0.467. The molecule has 0 saturated carbocycles. The van der Waals surface area contributed by atoms with E-state index in [9.17, 15) is 19.5 Å². The molecule has 1 fully saturated rings. The SMILES string of the molecule is CC1C=C(C(=O)O)N2C(=O)C(NC(=O)/C(=N\OCCCN)c3nsc(N)n3)[C@@H]2S1. The lowest BCUT2D eigenvalue weighted by molar-refractivity contribution is -0.150. The number of nitrogens with zero attached hydrogens (tertiary/aromatic N) is 4. The summed E-state index contributed by atoms with van der Waals surface area (Å²) in [5.74, 6) is -2.48. The number of carboxylic acid groups (broad SMARTS) is 1. The van der Waals surface area contributed by atoms with Crippen molar-refractivity contribution in [3.05, 3.63) is 17.6 Å². The van der Waals surface area contributed by atoms with E-state index in [-0.39, 0.29) is 34.2 Å². The van der Waals surface area contributed by atoms with Gasteiger partial charge in [-0.2, -0.15) is 9.36 Å². The molecule has 1 aromatic heterocycles. The molecule has 0 radical (unpaired) electrons. The molecule has 14 heteroatoms. The molecule has 0 bridgehead atoms. The van der Waals surface area contributed by atoms with Crippen molar-refractivity contribution in [2.75, 3.05) is 18.9 Å². The summed E-state index contributed by atoms with van der Waals surface area (Å²) in [5.41, 5.74) is 10.6. The lowest BCUT2D eigenvalue weighted by Crippen LogP contribution is -2.71. The molecule has 2 unspecified atom stereocenters. The zero-order valence-corrected chi connectivity index (χ0v) is 16.9. The van der Waals surface area contributed by atoms with Crippen LogP contribution >= 0.6 is 23.3 Å². The number of thioether (sulfide) groups is 1. The third-order valence-electron chi connectivity index (χ3n) is 4.02. The fourth-order valence-corrected chi connectivity index (χ4v) is 4.47. The Labute approximate surface area is 173 Å². The van der Waals surface area contributed by atoms with E-state index in [0.29, 0.717) is 13.0 Å². The lowest BCUT2D eigenvalue weighted by atomic mass is 10.0. The number of hydrogen-bond acceptors (Lipinski definition) is 11. The molecule has 12 nitrogen and oxygen atoms in total. The number of carboxylic acids is 1. The van der Waals surface area contributed by atoms with Crippen molar-refractivity contribution in [2.24, 2.45) is 10.9 Å².